The lowest BCUT2D eigenvalue weighted by Crippen LogP contribution is -2.51. The Hall–Kier alpha value is -1.35. The average Bonchev–Trinajstić information content (AvgIpc) is 2.25. The molecule has 0 atom stereocenters. The molecular formula is C14H20N2O. The average molecular weight is 232 g/mol. The van der Waals surface area contributed by atoms with Crippen molar-refractivity contribution in [2.75, 3.05) is 19.6 Å². The van der Waals surface area contributed by atoms with Gasteiger partial charge in [0.25, 0.3) is 0 Å². The maximum Gasteiger partial charge on any atom is 0.228 e. The van der Waals surface area contributed by atoms with Gasteiger partial charge in [-0.1, -0.05) is 24.3 Å². The summed E-state index contributed by atoms with van der Waals surface area (Å²) in [5, 5.41) is 3.15. The molecule has 0 saturated carbocycles. The van der Waals surface area contributed by atoms with Gasteiger partial charge in [-0.05, 0) is 25.0 Å². The summed E-state index contributed by atoms with van der Waals surface area (Å²) in [6, 6.07) is 8.27. The highest BCUT2D eigenvalue weighted by Gasteiger charge is 2.28. The highest BCUT2D eigenvalue weighted by molar-refractivity contribution is 5.80. The molecule has 3 nitrogen and oxygen atoms in total. The maximum absolute atomic E-state index is 12.2. The predicted molar refractivity (Wildman–Crippen MR) is 68.6 cm³/mol. The Morgan fingerprint density at radius 1 is 1.41 bits per heavy atom. The molecule has 17 heavy (non-hydrogen) atoms. The van der Waals surface area contributed by atoms with E-state index in [1.165, 1.54) is 11.1 Å². The van der Waals surface area contributed by atoms with Crippen molar-refractivity contribution in [1.29, 1.82) is 0 Å². The molecule has 1 amide bonds. The van der Waals surface area contributed by atoms with Gasteiger partial charge >= 0.3 is 0 Å². The van der Waals surface area contributed by atoms with Crippen LogP contribution in [0.1, 0.15) is 18.1 Å². The van der Waals surface area contributed by atoms with Gasteiger partial charge in [0.05, 0.1) is 5.92 Å². The van der Waals surface area contributed by atoms with Crippen molar-refractivity contribution in [2.24, 2.45) is 5.92 Å². The van der Waals surface area contributed by atoms with Gasteiger partial charge in [0.15, 0.2) is 0 Å². The van der Waals surface area contributed by atoms with Gasteiger partial charge in [-0.15, -0.1) is 0 Å². The molecule has 1 aliphatic rings. The van der Waals surface area contributed by atoms with Gasteiger partial charge in [-0.2, -0.15) is 0 Å². The predicted octanol–water partition coefficient (Wildman–Crippen LogP) is 1.56. The summed E-state index contributed by atoms with van der Waals surface area (Å²) in [5.41, 5.74) is 2.50. The van der Waals surface area contributed by atoms with Crippen LogP contribution in [-0.4, -0.2) is 30.4 Å². The van der Waals surface area contributed by atoms with E-state index in [9.17, 15) is 4.79 Å². The van der Waals surface area contributed by atoms with E-state index in [0.717, 1.165) is 26.2 Å². The molecule has 1 heterocycles. The van der Waals surface area contributed by atoms with E-state index in [2.05, 4.69) is 24.4 Å². The van der Waals surface area contributed by atoms with Crippen molar-refractivity contribution in [3.8, 4) is 0 Å². The lowest BCUT2D eigenvalue weighted by molar-refractivity contribution is -0.137. The molecule has 2 rings (SSSR count). The molecule has 1 aromatic carbocycles. The van der Waals surface area contributed by atoms with Crippen LogP contribution in [0.4, 0.5) is 0 Å². The Labute approximate surface area is 103 Å². The monoisotopic (exact) mass is 232 g/mol. The number of hydrogen-bond acceptors (Lipinski definition) is 2. The molecule has 1 aliphatic heterocycles. The van der Waals surface area contributed by atoms with E-state index in [1.807, 2.05) is 24.0 Å². The minimum atomic E-state index is 0.193. The molecule has 0 aliphatic carbocycles. The molecule has 1 fully saturated rings. The Balaban J connectivity index is 2.04. The first-order chi connectivity index (χ1) is 8.22. The van der Waals surface area contributed by atoms with Gasteiger partial charge in [0.2, 0.25) is 5.91 Å². The van der Waals surface area contributed by atoms with Crippen molar-refractivity contribution in [2.45, 2.75) is 20.4 Å². The van der Waals surface area contributed by atoms with Crippen LogP contribution in [0.15, 0.2) is 24.3 Å². The summed E-state index contributed by atoms with van der Waals surface area (Å²) in [6.45, 7) is 7.33. The van der Waals surface area contributed by atoms with Crippen LogP contribution in [0.5, 0.6) is 0 Å². The number of amides is 1. The van der Waals surface area contributed by atoms with Crippen LogP contribution in [0.25, 0.3) is 0 Å². The smallest absolute Gasteiger partial charge is 0.228 e. The summed E-state index contributed by atoms with van der Waals surface area (Å²) in [7, 11) is 0. The third-order valence-corrected chi connectivity index (χ3v) is 3.45. The summed E-state index contributed by atoms with van der Waals surface area (Å²) >= 11 is 0. The normalized spacial score (nSPS) is 15.4. The molecule has 0 unspecified atom stereocenters. The number of aryl methyl sites for hydroxylation is 1. The summed E-state index contributed by atoms with van der Waals surface area (Å²) < 4.78 is 0. The van der Waals surface area contributed by atoms with E-state index < -0.39 is 0 Å². The second-order valence-corrected chi connectivity index (χ2v) is 4.63. The number of hydrogen-bond donors (Lipinski definition) is 1. The number of rotatable bonds is 4. The first-order valence-electron chi connectivity index (χ1n) is 6.26. The molecule has 0 radical (unpaired) electrons. The van der Waals surface area contributed by atoms with Crippen molar-refractivity contribution < 1.29 is 4.79 Å². The van der Waals surface area contributed by atoms with E-state index >= 15 is 0 Å². The minimum absolute atomic E-state index is 0.193. The van der Waals surface area contributed by atoms with E-state index in [4.69, 9.17) is 0 Å². The van der Waals surface area contributed by atoms with Gasteiger partial charge in [-0.25, -0.2) is 0 Å². The Bertz CT molecular complexity index is 399. The molecule has 1 N–H and O–H groups in total. The number of carbonyl (C=O) groups is 1. The highest BCUT2D eigenvalue weighted by atomic mass is 16.2. The zero-order chi connectivity index (χ0) is 12.3. The van der Waals surface area contributed by atoms with E-state index in [0.29, 0.717) is 0 Å². The lowest BCUT2D eigenvalue weighted by atomic mass is 10.0. The quantitative estimate of drug-likeness (QED) is 0.854. The third-order valence-electron chi connectivity index (χ3n) is 3.45. The topological polar surface area (TPSA) is 32.3 Å². The van der Waals surface area contributed by atoms with Gasteiger partial charge in [0, 0.05) is 26.2 Å². The molecule has 1 saturated heterocycles. The van der Waals surface area contributed by atoms with Crippen molar-refractivity contribution >= 4 is 5.91 Å². The zero-order valence-electron chi connectivity index (χ0n) is 10.6. The van der Waals surface area contributed by atoms with Crippen molar-refractivity contribution in [3.05, 3.63) is 35.4 Å². The molecule has 1 aromatic rings. The summed E-state index contributed by atoms with van der Waals surface area (Å²) in [6.07, 6.45) is 0. The SMILES string of the molecule is CCN(Cc1ccccc1C)C(=O)C1CNC1. The third kappa shape index (κ3) is 2.67. The molecule has 3 heteroatoms. The van der Waals surface area contributed by atoms with Gasteiger partial charge in [0.1, 0.15) is 0 Å². The maximum atomic E-state index is 12.2. The second kappa shape index (κ2) is 5.32. The fraction of sp³-hybridized carbons (Fsp3) is 0.500. The Kier molecular flexibility index (Phi) is 3.79. The van der Waals surface area contributed by atoms with Crippen LogP contribution in [-0.2, 0) is 11.3 Å². The first-order valence-corrected chi connectivity index (χ1v) is 6.26. The molecule has 92 valence electrons. The Morgan fingerprint density at radius 3 is 2.65 bits per heavy atom. The van der Waals surface area contributed by atoms with Gasteiger partial charge < -0.3 is 10.2 Å². The van der Waals surface area contributed by atoms with Crippen molar-refractivity contribution in [1.82, 2.24) is 10.2 Å². The number of nitrogens with one attached hydrogen (secondary N) is 1. The van der Waals surface area contributed by atoms with Crippen LogP contribution >= 0.6 is 0 Å². The molecule has 0 aromatic heterocycles. The molecular weight excluding hydrogens is 212 g/mol. The van der Waals surface area contributed by atoms with Crippen LogP contribution in [0, 0.1) is 12.8 Å². The first kappa shape index (κ1) is 12.1. The van der Waals surface area contributed by atoms with Crippen LogP contribution in [0.2, 0.25) is 0 Å². The number of nitrogens with zero attached hydrogens (tertiary/aromatic N) is 1. The fourth-order valence-corrected chi connectivity index (χ4v) is 2.06. The van der Waals surface area contributed by atoms with Gasteiger partial charge in [-0.3, -0.25) is 4.79 Å². The van der Waals surface area contributed by atoms with E-state index in [1.54, 1.807) is 0 Å². The van der Waals surface area contributed by atoms with Crippen molar-refractivity contribution in [3.63, 3.8) is 0 Å². The lowest BCUT2D eigenvalue weighted by Gasteiger charge is -2.32. The number of benzene rings is 1. The van der Waals surface area contributed by atoms with Crippen LogP contribution < -0.4 is 5.32 Å². The fourth-order valence-electron chi connectivity index (χ4n) is 2.06. The molecule has 0 bridgehead atoms. The van der Waals surface area contributed by atoms with E-state index in [-0.39, 0.29) is 11.8 Å². The summed E-state index contributed by atoms with van der Waals surface area (Å²) in [4.78, 5) is 14.1. The Morgan fingerprint density at radius 2 is 2.12 bits per heavy atom. The number of carbonyl (C=O) groups excluding carboxylic acids is 1. The zero-order valence-corrected chi connectivity index (χ0v) is 10.6. The summed E-state index contributed by atoms with van der Waals surface area (Å²) in [5.74, 6) is 0.480. The standard InChI is InChI=1S/C14H20N2O/c1-3-16(14(17)13-8-15-9-13)10-12-7-5-4-6-11(12)2/h4-7,13,15H,3,8-10H2,1-2H3. The van der Waals surface area contributed by atoms with Crippen LogP contribution in [0.3, 0.4) is 0 Å². The largest absolute Gasteiger partial charge is 0.338 e. The highest BCUT2D eigenvalue weighted by Crippen LogP contribution is 2.14. The molecule has 0 spiro atoms. The minimum Gasteiger partial charge on any atom is -0.338 e. The second-order valence-electron chi connectivity index (χ2n) is 4.63.